The fraction of sp³-hybridized carbons (Fsp3) is 0.760. The predicted molar refractivity (Wildman–Crippen MR) is 123 cm³/mol. The molecule has 2 unspecified atom stereocenters. The van der Waals surface area contributed by atoms with Crippen LogP contribution in [0.15, 0.2) is 30.3 Å². The van der Waals surface area contributed by atoms with Crippen LogP contribution in [-0.4, -0.2) is 5.16 Å². The van der Waals surface area contributed by atoms with E-state index in [9.17, 15) is 0 Å². The molecule has 0 aromatic heterocycles. The second-order valence-electron chi connectivity index (χ2n) is 8.38. The van der Waals surface area contributed by atoms with Crippen molar-refractivity contribution >= 4 is 9.24 Å². The van der Waals surface area contributed by atoms with Crippen LogP contribution in [0.2, 0.25) is 0 Å². The highest BCUT2D eigenvalue weighted by atomic mass is 31.0. The first-order chi connectivity index (χ1) is 12.7. The first-order valence-corrected chi connectivity index (χ1v) is 12.1. The van der Waals surface area contributed by atoms with Crippen molar-refractivity contribution in [3.8, 4) is 0 Å². The van der Waals surface area contributed by atoms with Crippen molar-refractivity contribution in [3.05, 3.63) is 35.9 Å². The highest BCUT2D eigenvalue weighted by Crippen LogP contribution is 2.42. The zero-order valence-electron chi connectivity index (χ0n) is 17.9. The lowest BCUT2D eigenvalue weighted by atomic mass is 9.77. The summed E-state index contributed by atoms with van der Waals surface area (Å²) < 4.78 is 0. The van der Waals surface area contributed by atoms with E-state index in [4.69, 9.17) is 0 Å². The minimum absolute atomic E-state index is 0.436. The van der Waals surface area contributed by atoms with Gasteiger partial charge >= 0.3 is 0 Å². The lowest BCUT2D eigenvalue weighted by Crippen LogP contribution is -2.33. The van der Waals surface area contributed by atoms with Crippen molar-refractivity contribution < 1.29 is 0 Å². The monoisotopic (exact) mass is 376 g/mol. The molecule has 0 saturated heterocycles. The lowest BCUT2D eigenvalue weighted by molar-refractivity contribution is 0.293. The van der Waals surface area contributed by atoms with Crippen molar-refractivity contribution in [1.82, 2.24) is 0 Å². The van der Waals surface area contributed by atoms with Crippen molar-refractivity contribution in [3.63, 3.8) is 0 Å². The van der Waals surface area contributed by atoms with Crippen LogP contribution in [-0.2, 0) is 6.42 Å². The maximum Gasteiger partial charge on any atom is -0.0119 e. The summed E-state index contributed by atoms with van der Waals surface area (Å²) in [6.07, 6.45) is 19.2. The summed E-state index contributed by atoms with van der Waals surface area (Å²) in [5, 5.41) is 0.436. The Labute approximate surface area is 167 Å². The lowest BCUT2D eigenvalue weighted by Gasteiger charge is -2.39. The number of benzene rings is 1. The molecule has 0 saturated carbocycles. The Balaban J connectivity index is 2.74. The summed E-state index contributed by atoms with van der Waals surface area (Å²) >= 11 is 0. The smallest absolute Gasteiger partial charge is 0.0119 e. The standard InChI is InChI=1S/C25H45P/c1-4-7-10-11-12-16-19-24(22-23-17-14-13-15-18-23)25(26,20-8-5-2)21-9-6-3/h13-15,17-18,24H,4-12,16,19-22,26H2,1-3H3. The van der Waals surface area contributed by atoms with Gasteiger partial charge in [0.15, 0.2) is 0 Å². The molecule has 0 fully saturated rings. The third kappa shape index (κ3) is 9.55. The Morgan fingerprint density at radius 2 is 1.27 bits per heavy atom. The van der Waals surface area contributed by atoms with Gasteiger partial charge in [0.25, 0.3) is 0 Å². The Morgan fingerprint density at radius 1 is 0.731 bits per heavy atom. The van der Waals surface area contributed by atoms with E-state index < -0.39 is 0 Å². The molecule has 0 aliphatic heterocycles. The van der Waals surface area contributed by atoms with Crippen LogP contribution >= 0.6 is 9.24 Å². The van der Waals surface area contributed by atoms with Crippen molar-refractivity contribution in [1.29, 1.82) is 0 Å². The molecule has 0 aliphatic carbocycles. The van der Waals surface area contributed by atoms with E-state index in [0.717, 1.165) is 5.92 Å². The van der Waals surface area contributed by atoms with Gasteiger partial charge in [0.05, 0.1) is 0 Å². The van der Waals surface area contributed by atoms with Crippen LogP contribution in [0, 0.1) is 5.92 Å². The SMILES string of the molecule is CCCCCCCCC(Cc1ccccc1)C(P)(CCCC)CCCC. The van der Waals surface area contributed by atoms with Gasteiger partial charge in [-0.25, -0.2) is 0 Å². The first kappa shape index (κ1) is 23.7. The van der Waals surface area contributed by atoms with Gasteiger partial charge in [-0.05, 0) is 42.3 Å². The van der Waals surface area contributed by atoms with Crippen LogP contribution in [0.3, 0.4) is 0 Å². The van der Waals surface area contributed by atoms with Crippen LogP contribution in [0.4, 0.5) is 0 Å². The van der Waals surface area contributed by atoms with Gasteiger partial charge in [0.1, 0.15) is 0 Å². The number of unbranched alkanes of at least 4 members (excludes halogenated alkanes) is 7. The fourth-order valence-electron chi connectivity index (χ4n) is 4.21. The zero-order chi connectivity index (χ0) is 19.1. The van der Waals surface area contributed by atoms with Gasteiger partial charge in [-0.15, -0.1) is 9.24 Å². The summed E-state index contributed by atoms with van der Waals surface area (Å²) in [6.45, 7) is 6.98. The predicted octanol–water partition coefficient (Wildman–Crippen LogP) is 8.59. The quantitative estimate of drug-likeness (QED) is 0.200. The molecule has 0 radical (unpaired) electrons. The Kier molecular flexibility index (Phi) is 13.4. The molecule has 2 atom stereocenters. The number of rotatable bonds is 16. The topological polar surface area (TPSA) is 0 Å². The molecular weight excluding hydrogens is 331 g/mol. The molecule has 150 valence electrons. The van der Waals surface area contributed by atoms with Crippen LogP contribution in [0.1, 0.15) is 110 Å². The van der Waals surface area contributed by atoms with Gasteiger partial charge in [-0.3, -0.25) is 0 Å². The van der Waals surface area contributed by atoms with E-state index in [2.05, 4.69) is 60.3 Å². The number of hydrogen-bond acceptors (Lipinski definition) is 0. The second-order valence-corrected chi connectivity index (χ2v) is 9.53. The minimum Gasteiger partial charge on any atom is -0.131 e. The second kappa shape index (κ2) is 14.7. The van der Waals surface area contributed by atoms with Crippen LogP contribution < -0.4 is 0 Å². The maximum absolute atomic E-state index is 3.37. The first-order valence-electron chi connectivity index (χ1n) is 11.5. The molecule has 0 bridgehead atoms. The summed E-state index contributed by atoms with van der Waals surface area (Å²) in [6, 6.07) is 11.2. The van der Waals surface area contributed by atoms with Gasteiger partial charge in [-0.2, -0.15) is 0 Å². The average molecular weight is 377 g/mol. The maximum atomic E-state index is 3.37. The Bertz CT molecular complexity index is 417. The number of hydrogen-bond donors (Lipinski definition) is 0. The van der Waals surface area contributed by atoms with Crippen LogP contribution in [0.25, 0.3) is 0 Å². The molecule has 0 nitrogen and oxygen atoms in total. The molecule has 0 aliphatic rings. The van der Waals surface area contributed by atoms with Gasteiger partial charge in [-0.1, -0.05) is 115 Å². The Hall–Kier alpha value is -0.350. The molecule has 0 spiro atoms. The third-order valence-corrected chi connectivity index (χ3v) is 7.08. The van der Waals surface area contributed by atoms with E-state index >= 15 is 0 Å². The van der Waals surface area contributed by atoms with Crippen LogP contribution in [0.5, 0.6) is 0 Å². The molecule has 0 N–H and O–H groups in total. The average Bonchev–Trinajstić information content (AvgIpc) is 2.67. The highest BCUT2D eigenvalue weighted by molar-refractivity contribution is 7.19. The van der Waals surface area contributed by atoms with Crippen molar-refractivity contribution in [2.24, 2.45) is 5.92 Å². The molecule has 0 amide bonds. The summed E-state index contributed by atoms with van der Waals surface area (Å²) in [4.78, 5) is 0. The minimum atomic E-state index is 0.436. The van der Waals surface area contributed by atoms with Gasteiger partial charge in [0, 0.05) is 0 Å². The molecule has 0 heterocycles. The fourth-order valence-corrected chi connectivity index (χ4v) is 4.90. The summed E-state index contributed by atoms with van der Waals surface area (Å²) in [5.41, 5.74) is 1.53. The summed E-state index contributed by atoms with van der Waals surface area (Å²) in [5.74, 6) is 0.805. The van der Waals surface area contributed by atoms with E-state index in [0.29, 0.717) is 5.16 Å². The normalized spacial score (nSPS) is 13.1. The molecule has 1 heteroatoms. The van der Waals surface area contributed by atoms with Gasteiger partial charge in [0.2, 0.25) is 0 Å². The molecule has 1 aromatic rings. The molecule has 1 rings (SSSR count). The van der Waals surface area contributed by atoms with Crippen molar-refractivity contribution in [2.45, 2.75) is 116 Å². The van der Waals surface area contributed by atoms with Gasteiger partial charge < -0.3 is 0 Å². The van der Waals surface area contributed by atoms with E-state index in [1.807, 2.05) is 0 Å². The highest BCUT2D eigenvalue weighted by Gasteiger charge is 2.32. The zero-order valence-corrected chi connectivity index (χ0v) is 19.1. The summed E-state index contributed by atoms with van der Waals surface area (Å²) in [7, 11) is 3.37. The largest absolute Gasteiger partial charge is 0.131 e. The third-order valence-electron chi connectivity index (χ3n) is 6.04. The molecule has 26 heavy (non-hydrogen) atoms. The van der Waals surface area contributed by atoms with E-state index in [1.54, 1.807) is 0 Å². The van der Waals surface area contributed by atoms with E-state index in [-0.39, 0.29) is 0 Å². The Morgan fingerprint density at radius 3 is 1.85 bits per heavy atom. The van der Waals surface area contributed by atoms with E-state index in [1.165, 1.54) is 95.5 Å². The van der Waals surface area contributed by atoms with Crippen molar-refractivity contribution in [2.75, 3.05) is 0 Å². The molecule has 1 aromatic carbocycles. The molecular formula is C25H45P.